The number of hydrogen-bond acceptors (Lipinski definition) is 4. The van der Waals surface area contributed by atoms with Crippen molar-refractivity contribution in [1.29, 1.82) is 0 Å². The van der Waals surface area contributed by atoms with Crippen LogP contribution < -0.4 is 0 Å². The third-order valence-corrected chi connectivity index (χ3v) is 3.35. The molecule has 2 rings (SSSR count). The molecular weight excluding hydrogens is 224 g/mol. The van der Waals surface area contributed by atoms with Crippen molar-refractivity contribution in [3.63, 3.8) is 0 Å². The molecule has 3 nitrogen and oxygen atoms in total. The van der Waals surface area contributed by atoms with Gasteiger partial charge in [0.15, 0.2) is 5.60 Å². The number of rotatable bonds is 1. The molecule has 84 valence electrons. The first-order chi connectivity index (χ1) is 7.40. The van der Waals surface area contributed by atoms with E-state index in [1.165, 1.54) is 0 Å². The van der Waals surface area contributed by atoms with Crippen LogP contribution >= 0.6 is 11.3 Å². The van der Waals surface area contributed by atoms with E-state index in [-0.39, 0.29) is 11.4 Å². The van der Waals surface area contributed by atoms with Crippen molar-refractivity contribution < 1.29 is 14.3 Å². The molecule has 4 heteroatoms. The second-order valence-corrected chi connectivity index (χ2v) is 5.55. The molecule has 0 aromatic carbocycles. The van der Waals surface area contributed by atoms with Crippen LogP contribution in [0, 0.1) is 6.92 Å². The van der Waals surface area contributed by atoms with Crippen LogP contribution in [0.25, 0.3) is 6.08 Å². The minimum atomic E-state index is -1.02. The van der Waals surface area contributed by atoms with Crippen LogP contribution in [0.4, 0.5) is 0 Å². The van der Waals surface area contributed by atoms with Crippen LogP contribution in [0.2, 0.25) is 0 Å². The fourth-order valence-corrected chi connectivity index (χ4v) is 2.37. The number of cyclic esters (lactones) is 1. The molecular formula is C12H12O3S. The summed E-state index contributed by atoms with van der Waals surface area (Å²) in [6.45, 7) is 5.19. The van der Waals surface area contributed by atoms with Gasteiger partial charge in [0.1, 0.15) is 5.57 Å². The molecule has 0 unspecified atom stereocenters. The summed E-state index contributed by atoms with van der Waals surface area (Å²) in [6.07, 6.45) is 1.61. The van der Waals surface area contributed by atoms with Crippen LogP contribution in [-0.4, -0.2) is 17.4 Å². The zero-order chi connectivity index (χ0) is 11.9. The number of carbonyl (C=O) groups is 2. The van der Waals surface area contributed by atoms with E-state index >= 15 is 0 Å². The summed E-state index contributed by atoms with van der Waals surface area (Å²) in [5.74, 6) is -0.774. The molecule has 2 heterocycles. The van der Waals surface area contributed by atoms with E-state index in [9.17, 15) is 9.59 Å². The number of thiophene rings is 1. The highest BCUT2D eigenvalue weighted by Gasteiger charge is 2.44. The Kier molecular flexibility index (Phi) is 2.46. The van der Waals surface area contributed by atoms with E-state index in [0.717, 1.165) is 9.75 Å². The van der Waals surface area contributed by atoms with E-state index in [1.54, 1.807) is 31.3 Å². The molecule has 0 bridgehead atoms. The van der Waals surface area contributed by atoms with E-state index in [0.29, 0.717) is 0 Å². The Balaban J connectivity index is 2.38. The van der Waals surface area contributed by atoms with Gasteiger partial charge in [-0.2, -0.15) is 0 Å². The molecule has 0 N–H and O–H groups in total. The van der Waals surface area contributed by atoms with E-state index in [1.807, 2.05) is 19.1 Å². The van der Waals surface area contributed by atoms with Crippen LogP contribution in [0.5, 0.6) is 0 Å². The maximum absolute atomic E-state index is 11.8. The SMILES string of the molecule is Cc1ccc(C=C2C(=O)OC(C)(C)C2=O)s1. The van der Waals surface area contributed by atoms with Crippen LogP contribution in [0.15, 0.2) is 17.7 Å². The Morgan fingerprint density at radius 2 is 2.00 bits per heavy atom. The van der Waals surface area contributed by atoms with Crippen molar-refractivity contribution >= 4 is 29.2 Å². The Bertz CT molecular complexity index is 494. The third-order valence-electron chi connectivity index (χ3n) is 2.41. The lowest BCUT2D eigenvalue weighted by molar-refractivity contribution is -0.147. The standard InChI is InChI=1S/C12H12O3S/c1-7-4-5-8(16-7)6-9-10(13)12(2,3)15-11(9)14/h4-6H,1-3H3. The molecule has 1 aromatic heterocycles. The molecule has 0 aliphatic carbocycles. The van der Waals surface area contributed by atoms with E-state index in [2.05, 4.69) is 0 Å². The van der Waals surface area contributed by atoms with Crippen LogP contribution in [0.3, 0.4) is 0 Å². The first-order valence-corrected chi connectivity index (χ1v) is 5.78. The quantitative estimate of drug-likeness (QED) is 0.427. The van der Waals surface area contributed by atoms with Gasteiger partial charge in [-0.1, -0.05) is 0 Å². The van der Waals surface area contributed by atoms with Gasteiger partial charge < -0.3 is 4.74 Å². The molecule has 16 heavy (non-hydrogen) atoms. The van der Waals surface area contributed by atoms with E-state index < -0.39 is 11.6 Å². The summed E-state index contributed by atoms with van der Waals surface area (Å²) < 4.78 is 5.00. The number of carbonyl (C=O) groups excluding carboxylic acids is 2. The zero-order valence-corrected chi connectivity index (χ0v) is 10.2. The van der Waals surface area contributed by atoms with Crippen LogP contribution in [-0.2, 0) is 14.3 Å². The minimum Gasteiger partial charge on any atom is -0.448 e. The highest BCUT2D eigenvalue weighted by Crippen LogP contribution is 2.29. The normalized spacial score (nSPS) is 21.6. The first kappa shape index (κ1) is 11.1. The molecule has 0 saturated carbocycles. The minimum absolute atomic E-state index is 0.145. The topological polar surface area (TPSA) is 43.4 Å². The predicted octanol–water partition coefficient (Wildman–Crippen LogP) is 2.34. The van der Waals surface area contributed by atoms with Crippen molar-refractivity contribution in [2.24, 2.45) is 0 Å². The number of esters is 1. The first-order valence-electron chi connectivity index (χ1n) is 4.96. The van der Waals surface area contributed by atoms with Gasteiger partial charge in [0, 0.05) is 9.75 Å². The number of ketones is 1. The zero-order valence-electron chi connectivity index (χ0n) is 9.37. The van der Waals surface area contributed by atoms with Crippen molar-refractivity contribution in [1.82, 2.24) is 0 Å². The summed E-state index contributed by atoms with van der Waals surface area (Å²) >= 11 is 1.54. The molecule has 1 fully saturated rings. The molecule has 0 amide bonds. The number of ether oxygens (including phenoxy) is 1. The summed E-state index contributed by atoms with van der Waals surface area (Å²) in [5, 5.41) is 0. The predicted molar refractivity (Wildman–Crippen MR) is 62.2 cm³/mol. The van der Waals surface area contributed by atoms with Crippen molar-refractivity contribution in [3.8, 4) is 0 Å². The average Bonchev–Trinajstić information content (AvgIpc) is 2.65. The highest BCUT2D eigenvalue weighted by molar-refractivity contribution is 7.12. The Morgan fingerprint density at radius 3 is 2.44 bits per heavy atom. The number of Topliss-reactive ketones (excluding diaryl/α,β-unsaturated/α-hetero) is 1. The maximum Gasteiger partial charge on any atom is 0.342 e. The van der Waals surface area contributed by atoms with Gasteiger partial charge in [0.05, 0.1) is 0 Å². The maximum atomic E-state index is 11.8. The van der Waals surface area contributed by atoms with Gasteiger partial charge in [-0.15, -0.1) is 11.3 Å². The Hall–Kier alpha value is -1.42. The second-order valence-electron chi connectivity index (χ2n) is 4.24. The largest absolute Gasteiger partial charge is 0.448 e. The van der Waals surface area contributed by atoms with Crippen molar-refractivity contribution in [2.45, 2.75) is 26.4 Å². The Labute approximate surface area is 97.7 Å². The van der Waals surface area contributed by atoms with Crippen LogP contribution in [0.1, 0.15) is 23.6 Å². The Morgan fingerprint density at radius 1 is 1.31 bits per heavy atom. The number of aryl methyl sites for hydroxylation is 1. The van der Waals surface area contributed by atoms with E-state index in [4.69, 9.17) is 4.74 Å². The summed E-state index contributed by atoms with van der Waals surface area (Å²) in [5.41, 5.74) is -0.873. The molecule has 1 saturated heterocycles. The summed E-state index contributed by atoms with van der Waals surface area (Å²) in [7, 11) is 0. The third kappa shape index (κ3) is 1.80. The van der Waals surface area contributed by atoms with Gasteiger partial charge in [0.2, 0.25) is 5.78 Å². The van der Waals surface area contributed by atoms with Gasteiger partial charge in [0.25, 0.3) is 0 Å². The monoisotopic (exact) mass is 236 g/mol. The van der Waals surface area contributed by atoms with Gasteiger partial charge >= 0.3 is 5.97 Å². The lowest BCUT2D eigenvalue weighted by Crippen LogP contribution is -2.27. The molecule has 0 atom stereocenters. The highest BCUT2D eigenvalue weighted by atomic mass is 32.1. The molecule has 1 aromatic rings. The average molecular weight is 236 g/mol. The molecule has 0 spiro atoms. The van der Waals surface area contributed by atoms with Crippen molar-refractivity contribution in [3.05, 3.63) is 27.5 Å². The van der Waals surface area contributed by atoms with Gasteiger partial charge in [-0.05, 0) is 39.0 Å². The number of hydrogen-bond donors (Lipinski definition) is 0. The molecule has 0 radical (unpaired) electrons. The summed E-state index contributed by atoms with van der Waals surface area (Å²) in [4.78, 5) is 25.4. The molecule has 1 aliphatic heterocycles. The van der Waals surface area contributed by atoms with Gasteiger partial charge in [-0.3, -0.25) is 4.79 Å². The van der Waals surface area contributed by atoms with Crippen molar-refractivity contribution in [2.75, 3.05) is 0 Å². The fraction of sp³-hybridized carbons (Fsp3) is 0.333. The smallest absolute Gasteiger partial charge is 0.342 e. The fourth-order valence-electron chi connectivity index (χ4n) is 1.55. The lowest BCUT2D eigenvalue weighted by Gasteiger charge is -2.11. The lowest BCUT2D eigenvalue weighted by atomic mass is 10.00. The summed E-state index contributed by atoms with van der Waals surface area (Å²) in [6, 6.07) is 3.84. The van der Waals surface area contributed by atoms with Gasteiger partial charge in [-0.25, -0.2) is 4.79 Å². The second kappa shape index (κ2) is 3.56. The molecule has 1 aliphatic rings.